The minimum atomic E-state index is -3.52. The van der Waals surface area contributed by atoms with E-state index in [1.54, 1.807) is 4.90 Å². The van der Waals surface area contributed by atoms with Crippen molar-refractivity contribution < 1.29 is 160 Å². The van der Waals surface area contributed by atoms with Crippen LogP contribution in [0.15, 0.2) is 0 Å². The normalized spacial score (nSPS) is 25.3. The number of hydrogen-bond acceptors (Lipinski definition) is 33. The maximum absolute atomic E-state index is 14.2. The number of amides is 10. The van der Waals surface area contributed by atoms with E-state index in [2.05, 4.69) is 54.5 Å². The minimum Gasteiger partial charge on any atom is -0.394 e. The van der Waals surface area contributed by atoms with Gasteiger partial charge in [-0.05, 0) is 77.0 Å². The molecule has 0 radical (unpaired) electrons. The summed E-state index contributed by atoms with van der Waals surface area (Å²) in [4.78, 5) is 142. The molecule has 0 aliphatic carbocycles. The van der Waals surface area contributed by atoms with Crippen molar-refractivity contribution in [2.24, 2.45) is 5.41 Å². The number of rotatable bonds is 68. The van der Waals surface area contributed by atoms with Crippen molar-refractivity contribution in [3.05, 3.63) is 6.66 Å². The van der Waals surface area contributed by atoms with Crippen LogP contribution in [0.4, 0.5) is 0 Å². The highest BCUT2D eigenvalue weighted by molar-refractivity contribution is 7.55. The lowest BCUT2D eigenvalue weighted by Crippen LogP contribution is -2.64. The Hall–Kier alpha value is -6.24. The molecule has 4 saturated heterocycles. The van der Waals surface area contributed by atoms with Gasteiger partial charge in [0.1, 0.15) is 78.8 Å². The molecule has 19 N–H and O–H groups in total. The molecular weight excluding hydrogens is 1670 g/mol. The summed E-state index contributed by atoms with van der Waals surface area (Å²) in [6.07, 6.45) is -6.01. The number of β-amino-alcohol motifs (C(OH)–C–C–N with tert-alkyl or cyclic N) is 1. The molecule has 0 aromatic carbocycles. The zero-order valence-electron chi connectivity index (χ0n) is 73.0. The molecule has 0 aromatic rings. The summed E-state index contributed by atoms with van der Waals surface area (Å²) >= 11 is 0. The average Bonchev–Trinajstić information content (AvgIpc) is 0.914. The summed E-state index contributed by atoms with van der Waals surface area (Å²) in [6, 6.07) is -3.76. The maximum atomic E-state index is 14.2. The van der Waals surface area contributed by atoms with Gasteiger partial charge in [0.2, 0.25) is 59.1 Å². The van der Waals surface area contributed by atoms with Crippen molar-refractivity contribution in [2.75, 3.05) is 139 Å². The molecule has 4 aliphatic heterocycles. The van der Waals surface area contributed by atoms with Gasteiger partial charge in [-0.2, -0.15) is 0 Å². The van der Waals surface area contributed by atoms with Gasteiger partial charge in [0, 0.05) is 157 Å². The first kappa shape index (κ1) is 111. The summed E-state index contributed by atoms with van der Waals surface area (Å²) in [5.74, 6) is -3.64. The summed E-state index contributed by atoms with van der Waals surface area (Å²) in [5.41, 5.74) is -1.20. The minimum absolute atomic E-state index is 0.0706. The van der Waals surface area contributed by atoms with Gasteiger partial charge in [-0.3, -0.25) is 57.3 Å². The van der Waals surface area contributed by atoms with Crippen molar-refractivity contribution in [3.8, 4) is 0 Å². The number of ketones is 1. The summed E-state index contributed by atoms with van der Waals surface area (Å²) in [5, 5.41) is 126. The van der Waals surface area contributed by atoms with Crippen LogP contribution in [-0.2, 0) is 109 Å². The van der Waals surface area contributed by atoms with Crippen molar-refractivity contribution in [2.45, 2.75) is 298 Å². The standard InChI is InChI=1S/C81H144N10O33P/c1-53(95)88-69-75(110)72(107)59(46-92)122-78(69)118-37-17-14-24-62(100)82-31-20-34-85-65(103)28-40-115-50-81(44-57(98)23-12-10-8-6-7-9-11-13-27-68(106)91-45-58(99)43-56(91)49-121-125(5,113)114-4,51-116-41-29-66(104)86-35-21-32-83-63(101)25-15-18-38-119-79-70(89-54(2)96)76(111)73(108)60(47-93)123-79)52-117-42-30-67(105)87-36-22-33-84-64(102)26-16-19-39-120-80-71(90-55(3)97)77(112)74(109)61(48-94)124-80/h56,58-61,69-80,92-94,99,107-112H,5-52H2,1-4H3,(H,82,100)(H,83,101)(H,84,102)(H,85,103)(H,86,104)(H,87,105)(H,88,95)(H,89,96)(H,90,97)/q-1/t56-,58+,59?,60?,61?,69?,70?,71?,72?,73?,74?,75?,76?,77?,78?,79?,80?,81?,125?/m0/s1. The second-order valence-electron chi connectivity index (χ2n) is 32.1. The van der Waals surface area contributed by atoms with Crippen molar-refractivity contribution >= 4 is 72.5 Å². The fraction of sp³-hybridized carbons (Fsp3) is 0.852. The van der Waals surface area contributed by atoms with Crippen LogP contribution in [0.2, 0.25) is 0 Å². The first-order chi connectivity index (χ1) is 59.8. The molecule has 0 bridgehead atoms. The van der Waals surface area contributed by atoms with E-state index in [4.69, 9.17) is 51.7 Å². The Morgan fingerprint density at radius 1 is 0.408 bits per heavy atom. The van der Waals surface area contributed by atoms with Crippen LogP contribution < -0.4 is 47.9 Å². The number of nitrogens with zero attached hydrogens (tertiary/aromatic N) is 1. The Labute approximate surface area is 731 Å². The number of unbranched alkanes of at least 4 members (excludes halogenated alkanes) is 10. The van der Waals surface area contributed by atoms with E-state index in [-0.39, 0.29) is 223 Å². The van der Waals surface area contributed by atoms with E-state index < -0.39 is 155 Å². The highest BCUT2D eigenvalue weighted by Crippen LogP contribution is 2.46. The molecule has 18 atom stereocenters. The van der Waals surface area contributed by atoms with Crippen LogP contribution in [0, 0.1) is 12.1 Å². The van der Waals surface area contributed by atoms with Crippen LogP contribution in [0.5, 0.6) is 0 Å². The van der Waals surface area contributed by atoms with E-state index in [1.165, 1.54) is 27.9 Å². The molecule has 0 saturated carbocycles. The first-order valence-electron chi connectivity index (χ1n) is 43.8. The molecule has 0 aromatic heterocycles. The summed E-state index contributed by atoms with van der Waals surface area (Å²) in [6.45, 7) is 6.14. The Morgan fingerprint density at radius 2 is 0.712 bits per heavy atom. The molecule has 43 nitrogen and oxygen atoms in total. The van der Waals surface area contributed by atoms with Crippen molar-refractivity contribution in [3.63, 3.8) is 0 Å². The summed E-state index contributed by atoms with van der Waals surface area (Å²) < 4.78 is 74.8. The van der Waals surface area contributed by atoms with Gasteiger partial charge in [0.05, 0.1) is 78.2 Å². The third kappa shape index (κ3) is 45.2. The smallest absolute Gasteiger partial charge is 0.222 e. The average molecular weight is 1820 g/mol. The van der Waals surface area contributed by atoms with Crippen LogP contribution in [0.3, 0.4) is 0 Å². The highest BCUT2D eigenvalue weighted by Gasteiger charge is 2.48. The predicted molar refractivity (Wildman–Crippen MR) is 444 cm³/mol. The van der Waals surface area contributed by atoms with Crippen LogP contribution in [0.1, 0.15) is 194 Å². The second kappa shape index (κ2) is 62.9. The highest BCUT2D eigenvalue weighted by atomic mass is 31.2. The van der Waals surface area contributed by atoms with Gasteiger partial charge in [-0.1, -0.05) is 38.5 Å². The van der Waals surface area contributed by atoms with Crippen molar-refractivity contribution in [1.29, 1.82) is 0 Å². The topological polar surface area (TPSA) is 620 Å². The van der Waals surface area contributed by atoms with E-state index in [0.717, 1.165) is 38.5 Å². The fourth-order valence-corrected chi connectivity index (χ4v) is 14.8. The lowest BCUT2D eigenvalue weighted by atomic mass is 9.84. The zero-order valence-corrected chi connectivity index (χ0v) is 73.9. The second-order valence-corrected chi connectivity index (χ2v) is 33.9. The zero-order chi connectivity index (χ0) is 92.1. The Morgan fingerprint density at radius 3 is 1.02 bits per heavy atom. The Bertz CT molecular complexity index is 2970. The molecule has 44 heteroatoms. The molecule has 4 fully saturated rings. The molecule has 0 spiro atoms. The third-order valence-electron chi connectivity index (χ3n) is 21.3. The number of aliphatic hydroxyl groups excluding tert-OH is 10. The Kier molecular flexibility index (Phi) is 55.9. The number of carbonyl (C=O) groups excluding carboxylic acids is 11. The number of Topliss-reactive ketones (excluding diaryl/α,β-unsaturated/α-hetero) is 1. The third-order valence-corrected chi connectivity index (χ3v) is 22.4. The number of aliphatic hydroxyl groups is 10. The molecule has 722 valence electrons. The molecule has 4 heterocycles. The lowest BCUT2D eigenvalue weighted by Gasteiger charge is -2.42. The largest absolute Gasteiger partial charge is 0.394 e. The number of nitrogens with one attached hydrogen (secondary N) is 9. The van der Waals surface area contributed by atoms with Gasteiger partial charge >= 0.3 is 0 Å². The number of carbonyl (C=O) groups is 11. The monoisotopic (exact) mass is 1820 g/mol. The maximum Gasteiger partial charge on any atom is 0.222 e. The first-order valence-corrected chi connectivity index (χ1v) is 45.5. The van der Waals surface area contributed by atoms with Gasteiger partial charge in [-0.15, -0.1) is 0 Å². The van der Waals surface area contributed by atoms with Crippen LogP contribution in [0.25, 0.3) is 0 Å². The molecule has 125 heavy (non-hydrogen) atoms. The lowest BCUT2D eigenvalue weighted by molar-refractivity contribution is -0.270. The van der Waals surface area contributed by atoms with Crippen LogP contribution >= 0.6 is 7.60 Å². The van der Waals surface area contributed by atoms with E-state index in [1.807, 2.05) is 0 Å². The van der Waals surface area contributed by atoms with E-state index in [9.17, 15) is 108 Å². The van der Waals surface area contributed by atoms with Gasteiger partial charge in [0.15, 0.2) is 26.5 Å². The predicted octanol–water partition coefficient (Wildman–Crippen LogP) is -3.08. The van der Waals surface area contributed by atoms with E-state index in [0.29, 0.717) is 70.6 Å². The van der Waals surface area contributed by atoms with Gasteiger partial charge in [-0.25, -0.2) is 6.66 Å². The fourth-order valence-electron chi connectivity index (χ4n) is 14.3. The molecule has 4 aliphatic rings. The van der Waals surface area contributed by atoms with E-state index >= 15 is 0 Å². The van der Waals surface area contributed by atoms with Gasteiger partial charge in [0.25, 0.3) is 0 Å². The summed E-state index contributed by atoms with van der Waals surface area (Å²) in [7, 11) is -2.31. The number of ether oxygens (including phenoxy) is 9. The SMILES string of the molecule is [CH2-]P(=O)(OC)OC[C@@H]1C[C@@H](O)CN1C(=O)CCCCCCCCCCC(=O)CC(COCCC(=O)NCCCNC(=O)CCCCOC1OC(CO)C(O)C(O)C1NC(C)=O)(COCCC(=O)NCCCNC(=O)CCCCOC1OC(CO)C(O)C(O)C1NC(C)=O)COCCC(=O)NCCCNC(=O)CCCCOC1OC(CO)C(O)C(O)C1NC(C)=O. The quantitative estimate of drug-likeness (QED) is 0.0163. The molecular formula is C81H144N10O33P-. The van der Waals surface area contributed by atoms with Gasteiger partial charge < -0.3 is 155 Å². The Balaban J connectivity index is 1.31. The number of likely N-dealkylation sites (tertiary alicyclic amines) is 1. The number of hydrogen-bond donors (Lipinski definition) is 19. The van der Waals surface area contributed by atoms with Crippen molar-refractivity contribution in [1.82, 2.24) is 52.8 Å². The van der Waals surface area contributed by atoms with Crippen LogP contribution in [-0.4, -0.2) is 364 Å². The molecule has 4 rings (SSSR count). The molecule has 16 unspecified atom stereocenters. The molecule has 10 amide bonds.